The Morgan fingerprint density at radius 2 is 2.20 bits per heavy atom. The van der Waals surface area contributed by atoms with Gasteiger partial charge in [0.05, 0.1) is 0 Å². The highest BCUT2D eigenvalue weighted by molar-refractivity contribution is 5.92. The topological polar surface area (TPSA) is 118 Å². The molecular weight excluding hydrogens is 268 g/mol. The molecule has 0 aromatic heterocycles. The van der Waals surface area contributed by atoms with Gasteiger partial charge in [0.1, 0.15) is 24.9 Å². The summed E-state index contributed by atoms with van der Waals surface area (Å²) in [6.07, 6.45) is 0.456. The van der Waals surface area contributed by atoms with E-state index in [1.807, 2.05) is 0 Å². The summed E-state index contributed by atoms with van der Waals surface area (Å²) in [5, 5.41) is 7.96. The van der Waals surface area contributed by atoms with Crippen LogP contribution in [0.25, 0.3) is 0 Å². The molecule has 0 bridgehead atoms. The summed E-state index contributed by atoms with van der Waals surface area (Å²) < 4.78 is 5.40. The maximum atomic E-state index is 11.4. The van der Waals surface area contributed by atoms with Crippen molar-refractivity contribution in [1.82, 2.24) is 10.2 Å². The van der Waals surface area contributed by atoms with Gasteiger partial charge in [-0.15, -0.1) is 0 Å². The average molecular weight is 284 g/mol. The van der Waals surface area contributed by atoms with Crippen molar-refractivity contribution in [3.8, 4) is 0 Å². The highest BCUT2D eigenvalue weighted by atomic mass is 16.5. The summed E-state index contributed by atoms with van der Waals surface area (Å²) in [4.78, 5) is 44.5. The molecule has 110 valence electrons. The molecule has 9 nitrogen and oxygen atoms in total. The van der Waals surface area contributed by atoms with E-state index < -0.39 is 18.4 Å². The molecule has 1 N–H and O–H groups in total. The summed E-state index contributed by atoms with van der Waals surface area (Å²) in [7, 11) is 1.47. The number of rotatable bonds is 7. The van der Waals surface area contributed by atoms with Crippen LogP contribution in [0.1, 0.15) is 13.3 Å². The Hall–Kier alpha value is -2.16. The van der Waals surface area contributed by atoms with Crippen molar-refractivity contribution in [3.63, 3.8) is 0 Å². The van der Waals surface area contributed by atoms with Crippen LogP contribution in [0.4, 0.5) is 0 Å². The smallest absolute Gasteiger partial charge is 0.248 e. The fourth-order valence-corrected chi connectivity index (χ4v) is 1.91. The monoisotopic (exact) mass is 284 g/mol. The van der Waals surface area contributed by atoms with E-state index in [1.54, 1.807) is 0 Å². The third-order valence-corrected chi connectivity index (χ3v) is 2.98. The summed E-state index contributed by atoms with van der Waals surface area (Å²) in [6, 6.07) is -0.742. The molecule has 3 atom stereocenters. The summed E-state index contributed by atoms with van der Waals surface area (Å²) in [5.74, 6) is -0.342. The van der Waals surface area contributed by atoms with Crippen molar-refractivity contribution in [2.45, 2.75) is 31.7 Å². The molecule has 0 aromatic rings. The molecule has 1 aliphatic rings. The van der Waals surface area contributed by atoms with Crippen LogP contribution in [-0.4, -0.2) is 49.2 Å². The Kier molecular flexibility index (Phi) is 5.91. The first-order valence-electron chi connectivity index (χ1n) is 5.97. The fraction of sp³-hybridized carbons (Fsp3) is 0.636. The van der Waals surface area contributed by atoms with E-state index in [-0.39, 0.29) is 18.9 Å². The fourth-order valence-electron chi connectivity index (χ4n) is 1.91. The van der Waals surface area contributed by atoms with Gasteiger partial charge in [0.25, 0.3) is 0 Å². The quantitative estimate of drug-likeness (QED) is 0.404. The lowest BCUT2D eigenvalue weighted by Gasteiger charge is -2.21. The van der Waals surface area contributed by atoms with E-state index in [2.05, 4.69) is 15.7 Å². The molecule has 1 fully saturated rings. The van der Waals surface area contributed by atoms with E-state index >= 15 is 0 Å². The molecule has 0 saturated carbocycles. The maximum absolute atomic E-state index is 11.4. The molecule has 1 saturated heterocycles. The zero-order valence-corrected chi connectivity index (χ0v) is 11.2. The molecular formula is C11H16N4O5. The van der Waals surface area contributed by atoms with Crippen LogP contribution in [0.5, 0.6) is 0 Å². The SMILES string of the molecule is CNC(=O)/C(C)=C\N(C=O)[C@H]1C[C@@H](N=O)C(CN=O)O1. The van der Waals surface area contributed by atoms with Crippen molar-refractivity contribution in [2.75, 3.05) is 13.6 Å². The number of nitrogens with zero attached hydrogens (tertiary/aromatic N) is 3. The van der Waals surface area contributed by atoms with Crippen molar-refractivity contribution >= 4 is 12.3 Å². The van der Waals surface area contributed by atoms with Crippen molar-refractivity contribution in [2.24, 2.45) is 10.4 Å². The third-order valence-electron chi connectivity index (χ3n) is 2.98. The third kappa shape index (κ3) is 3.67. The van der Waals surface area contributed by atoms with Gasteiger partial charge in [-0.3, -0.25) is 14.5 Å². The molecule has 20 heavy (non-hydrogen) atoms. The second-order valence-electron chi connectivity index (χ2n) is 4.29. The Morgan fingerprint density at radius 1 is 1.50 bits per heavy atom. The van der Waals surface area contributed by atoms with Gasteiger partial charge in [0.15, 0.2) is 0 Å². The zero-order chi connectivity index (χ0) is 15.1. The number of nitrogens with one attached hydrogen (secondary N) is 1. The van der Waals surface area contributed by atoms with Crippen molar-refractivity contribution < 1.29 is 14.3 Å². The minimum absolute atomic E-state index is 0.153. The van der Waals surface area contributed by atoms with Gasteiger partial charge in [0.2, 0.25) is 12.3 Å². The first kappa shape index (κ1) is 15.9. The Bertz CT molecular complexity index is 425. The zero-order valence-electron chi connectivity index (χ0n) is 11.2. The summed E-state index contributed by atoms with van der Waals surface area (Å²) in [5.41, 5.74) is 0.302. The van der Waals surface area contributed by atoms with E-state index in [4.69, 9.17) is 4.74 Å². The number of hydrogen-bond acceptors (Lipinski definition) is 7. The standard InChI is InChI=1S/C11H16N4O5/c1-7(11(17)12-2)5-15(6-16)10-3-8(14-19)9(20-10)4-13-18/h5-6,8-10H,3-4H2,1-2H3,(H,12,17)/b7-5-/t8-,9?,10-/m1/s1. The minimum Gasteiger partial charge on any atom is -0.355 e. The van der Waals surface area contributed by atoms with Crippen LogP contribution in [0.2, 0.25) is 0 Å². The minimum atomic E-state index is -0.749. The lowest BCUT2D eigenvalue weighted by molar-refractivity contribution is -0.126. The molecule has 1 rings (SSSR count). The number of amides is 2. The van der Waals surface area contributed by atoms with Crippen LogP contribution < -0.4 is 5.32 Å². The number of ether oxygens (including phenoxy) is 1. The second-order valence-corrected chi connectivity index (χ2v) is 4.29. The molecule has 0 spiro atoms. The van der Waals surface area contributed by atoms with Crippen LogP contribution in [0.15, 0.2) is 22.1 Å². The van der Waals surface area contributed by atoms with Gasteiger partial charge in [-0.05, 0) is 6.92 Å². The largest absolute Gasteiger partial charge is 0.355 e. The maximum Gasteiger partial charge on any atom is 0.248 e. The highest BCUT2D eigenvalue weighted by Crippen LogP contribution is 2.26. The number of likely N-dealkylation sites (N-methyl/N-ethyl adjacent to an activating group) is 1. The second kappa shape index (κ2) is 7.43. The van der Waals surface area contributed by atoms with Crippen LogP contribution in [-0.2, 0) is 14.3 Å². The van der Waals surface area contributed by atoms with Gasteiger partial charge in [0, 0.05) is 25.2 Å². The molecule has 0 aliphatic carbocycles. The Morgan fingerprint density at radius 3 is 2.70 bits per heavy atom. The summed E-state index contributed by atoms with van der Waals surface area (Å²) >= 11 is 0. The highest BCUT2D eigenvalue weighted by Gasteiger charge is 2.39. The van der Waals surface area contributed by atoms with Gasteiger partial charge in [-0.2, -0.15) is 9.81 Å². The first-order chi connectivity index (χ1) is 9.57. The predicted octanol–water partition coefficient (Wildman–Crippen LogP) is 0.111. The normalized spacial score (nSPS) is 25.9. The molecule has 1 aliphatic heterocycles. The predicted molar refractivity (Wildman–Crippen MR) is 69.2 cm³/mol. The van der Waals surface area contributed by atoms with Crippen LogP contribution in [0.3, 0.4) is 0 Å². The van der Waals surface area contributed by atoms with Crippen LogP contribution in [0, 0.1) is 9.81 Å². The van der Waals surface area contributed by atoms with E-state index in [0.717, 1.165) is 4.90 Å². The average Bonchev–Trinajstić information content (AvgIpc) is 2.86. The Balaban J connectivity index is 2.81. The Labute approximate surface area is 115 Å². The number of hydrogen-bond donors (Lipinski definition) is 1. The molecule has 0 radical (unpaired) electrons. The van der Waals surface area contributed by atoms with E-state index in [1.165, 1.54) is 20.2 Å². The van der Waals surface area contributed by atoms with E-state index in [0.29, 0.717) is 12.0 Å². The summed E-state index contributed by atoms with van der Waals surface area (Å²) in [6.45, 7) is 1.32. The number of carbonyl (C=O) groups is 2. The number of nitroso groups, excluding NO2 is 2. The van der Waals surface area contributed by atoms with E-state index in [9.17, 15) is 19.4 Å². The molecule has 0 aromatic carbocycles. The van der Waals surface area contributed by atoms with Gasteiger partial charge in [-0.1, -0.05) is 10.4 Å². The van der Waals surface area contributed by atoms with Crippen molar-refractivity contribution in [3.05, 3.63) is 21.6 Å². The molecule has 2 amide bonds. The number of carbonyl (C=O) groups excluding carboxylic acids is 2. The molecule has 1 unspecified atom stereocenters. The van der Waals surface area contributed by atoms with Gasteiger partial charge < -0.3 is 10.1 Å². The van der Waals surface area contributed by atoms with Gasteiger partial charge >= 0.3 is 0 Å². The lowest BCUT2D eigenvalue weighted by atomic mass is 10.1. The first-order valence-corrected chi connectivity index (χ1v) is 5.97. The lowest BCUT2D eigenvalue weighted by Crippen LogP contribution is -2.31. The molecule has 9 heteroatoms. The van der Waals surface area contributed by atoms with Gasteiger partial charge in [-0.25, -0.2) is 0 Å². The molecule has 1 heterocycles. The van der Waals surface area contributed by atoms with Crippen LogP contribution >= 0.6 is 0 Å². The van der Waals surface area contributed by atoms with Crippen molar-refractivity contribution in [1.29, 1.82) is 0 Å².